The van der Waals surface area contributed by atoms with Crippen LogP contribution < -0.4 is 11.1 Å². The maximum atomic E-state index is 12.2. The van der Waals surface area contributed by atoms with E-state index in [-0.39, 0.29) is 36.8 Å². The highest BCUT2D eigenvalue weighted by Crippen LogP contribution is 2.25. The van der Waals surface area contributed by atoms with Gasteiger partial charge in [0, 0.05) is 6.04 Å². The fraction of sp³-hybridized carbons (Fsp3) is 0.692. The molecule has 3 N–H and O–H groups in total. The number of hydrogen-bond acceptors (Lipinski definition) is 4. The van der Waals surface area contributed by atoms with E-state index in [9.17, 15) is 4.79 Å². The molecule has 0 bridgehead atoms. The molecule has 7 heteroatoms. The molecule has 1 aliphatic rings. The normalized spacial score (nSPS) is 21.6. The Morgan fingerprint density at radius 2 is 2.00 bits per heavy atom. The van der Waals surface area contributed by atoms with Crippen LogP contribution in [0.4, 0.5) is 0 Å². The van der Waals surface area contributed by atoms with Crippen molar-refractivity contribution >= 4 is 42.1 Å². The predicted octanol–water partition coefficient (Wildman–Crippen LogP) is 2.85. The number of carbonyl (C=O) groups excluding carboxylic acids is 1. The molecule has 1 aromatic rings. The zero-order valence-electron chi connectivity index (χ0n) is 11.8. The van der Waals surface area contributed by atoms with Crippen molar-refractivity contribution in [2.45, 2.75) is 45.6 Å². The molecule has 116 valence electrons. The van der Waals surface area contributed by atoms with Crippen LogP contribution in [0.5, 0.6) is 0 Å². The number of nitrogens with two attached hydrogens (primary N) is 1. The minimum Gasteiger partial charge on any atom is -0.348 e. The molecule has 1 fully saturated rings. The van der Waals surface area contributed by atoms with E-state index in [0.29, 0.717) is 12.5 Å². The lowest BCUT2D eigenvalue weighted by Crippen LogP contribution is -2.44. The summed E-state index contributed by atoms with van der Waals surface area (Å²) in [6.07, 6.45) is 4.58. The van der Waals surface area contributed by atoms with Crippen LogP contribution in [0.1, 0.15) is 46.1 Å². The Bertz CT molecular complexity index is 439. The molecule has 1 saturated carbocycles. The Morgan fingerprint density at radius 1 is 1.35 bits per heavy atom. The van der Waals surface area contributed by atoms with Gasteiger partial charge >= 0.3 is 0 Å². The first-order valence-corrected chi connectivity index (χ1v) is 7.38. The number of aromatic nitrogens is 1. The van der Waals surface area contributed by atoms with Crippen molar-refractivity contribution in [3.05, 3.63) is 15.6 Å². The summed E-state index contributed by atoms with van der Waals surface area (Å²) < 4.78 is 0. The molecule has 1 aromatic heterocycles. The smallest absolute Gasteiger partial charge is 0.263 e. The van der Waals surface area contributed by atoms with Crippen LogP contribution >= 0.6 is 36.2 Å². The second-order valence-electron chi connectivity index (χ2n) is 5.01. The van der Waals surface area contributed by atoms with Crippen LogP contribution in [-0.4, -0.2) is 23.5 Å². The summed E-state index contributed by atoms with van der Waals surface area (Å²) in [7, 11) is 0. The third-order valence-electron chi connectivity index (χ3n) is 3.64. The number of carbonyl (C=O) groups is 1. The van der Waals surface area contributed by atoms with Gasteiger partial charge in [-0.05, 0) is 39.2 Å². The molecule has 0 saturated heterocycles. The summed E-state index contributed by atoms with van der Waals surface area (Å²) in [5.74, 6) is 0.445. The lowest BCUT2D eigenvalue weighted by atomic mass is 9.84. The van der Waals surface area contributed by atoms with E-state index in [2.05, 4.69) is 10.3 Å². The summed E-state index contributed by atoms with van der Waals surface area (Å²) in [6, 6.07) is 0.234. The molecule has 1 heterocycles. The zero-order valence-corrected chi connectivity index (χ0v) is 14.3. The number of nitrogens with zero attached hydrogens (tertiary/aromatic N) is 1. The minimum absolute atomic E-state index is 0. The van der Waals surface area contributed by atoms with Crippen molar-refractivity contribution in [1.82, 2.24) is 10.3 Å². The molecule has 20 heavy (non-hydrogen) atoms. The average Bonchev–Trinajstić information content (AvgIpc) is 2.69. The van der Waals surface area contributed by atoms with Gasteiger partial charge < -0.3 is 11.1 Å². The highest BCUT2D eigenvalue weighted by atomic mass is 35.5. The first kappa shape index (κ1) is 19.6. The molecule has 1 aliphatic carbocycles. The fourth-order valence-electron chi connectivity index (χ4n) is 2.66. The van der Waals surface area contributed by atoms with Gasteiger partial charge in [0.2, 0.25) is 0 Å². The second kappa shape index (κ2) is 8.82. The van der Waals surface area contributed by atoms with Gasteiger partial charge in [-0.1, -0.05) is 12.8 Å². The molecule has 4 nitrogen and oxygen atoms in total. The Hall–Kier alpha value is -0.360. The van der Waals surface area contributed by atoms with Crippen molar-refractivity contribution in [2.75, 3.05) is 6.54 Å². The van der Waals surface area contributed by atoms with Gasteiger partial charge in [-0.2, -0.15) is 0 Å². The first-order chi connectivity index (χ1) is 8.61. The summed E-state index contributed by atoms with van der Waals surface area (Å²) in [5.41, 5.74) is 6.61. The van der Waals surface area contributed by atoms with Gasteiger partial charge in [-0.3, -0.25) is 4.79 Å². The molecule has 1 amide bonds. The Morgan fingerprint density at radius 3 is 2.55 bits per heavy atom. The number of rotatable bonds is 3. The van der Waals surface area contributed by atoms with Crippen LogP contribution in [0.3, 0.4) is 0 Å². The van der Waals surface area contributed by atoms with Gasteiger partial charge in [0.1, 0.15) is 4.88 Å². The van der Waals surface area contributed by atoms with Crippen molar-refractivity contribution in [3.8, 4) is 0 Å². The number of nitrogens with one attached hydrogen (secondary N) is 1. The molecular formula is C13H23Cl2N3OS. The van der Waals surface area contributed by atoms with Gasteiger partial charge in [0.05, 0.1) is 10.7 Å². The van der Waals surface area contributed by atoms with E-state index in [4.69, 9.17) is 5.73 Å². The van der Waals surface area contributed by atoms with Gasteiger partial charge in [0.25, 0.3) is 5.91 Å². The number of thiazole rings is 1. The summed E-state index contributed by atoms with van der Waals surface area (Å²) in [6.45, 7) is 4.48. The van der Waals surface area contributed by atoms with Crippen LogP contribution in [0.25, 0.3) is 0 Å². The third kappa shape index (κ3) is 4.58. The van der Waals surface area contributed by atoms with E-state index in [1.807, 2.05) is 13.8 Å². The molecule has 0 aromatic carbocycles. The predicted molar refractivity (Wildman–Crippen MR) is 88.4 cm³/mol. The maximum Gasteiger partial charge on any atom is 0.263 e. The van der Waals surface area contributed by atoms with Crippen LogP contribution in [0.15, 0.2) is 0 Å². The van der Waals surface area contributed by atoms with E-state index >= 15 is 0 Å². The minimum atomic E-state index is 0. The first-order valence-electron chi connectivity index (χ1n) is 6.56. The fourth-order valence-corrected chi connectivity index (χ4v) is 3.48. The van der Waals surface area contributed by atoms with E-state index in [0.717, 1.165) is 28.4 Å². The van der Waals surface area contributed by atoms with Crippen LogP contribution in [0, 0.1) is 19.8 Å². The molecule has 0 spiro atoms. The lowest BCUT2D eigenvalue weighted by Gasteiger charge is -2.31. The monoisotopic (exact) mass is 339 g/mol. The molecule has 0 radical (unpaired) electrons. The standard InChI is InChI=1S/C13H21N3OS.2ClH/c1-8-12(18-9(2)15-8)13(17)16-11-6-4-3-5-10(11)7-14;;/h10-11H,3-7,14H2,1-2H3,(H,16,17);2*1H. The van der Waals surface area contributed by atoms with Gasteiger partial charge in [0.15, 0.2) is 0 Å². The summed E-state index contributed by atoms with van der Waals surface area (Å²) in [4.78, 5) is 17.3. The quantitative estimate of drug-likeness (QED) is 0.889. The molecule has 0 aliphatic heterocycles. The van der Waals surface area contributed by atoms with Crippen molar-refractivity contribution in [2.24, 2.45) is 11.7 Å². The molecule has 2 unspecified atom stereocenters. The van der Waals surface area contributed by atoms with Crippen molar-refractivity contribution in [3.63, 3.8) is 0 Å². The maximum absolute atomic E-state index is 12.2. The summed E-state index contributed by atoms with van der Waals surface area (Å²) in [5, 5.41) is 4.08. The van der Waals surface area contributed by atoms with E-state index < -0.39 is 0 Å². The Balaban J connectivity index is 0.00000180. The Labute approximate surface area is 136 Å². The van der Waals surface area contributed by atoms with Crippen molar-refractivity contribution in [1.29, 1.82) is 0 Å². The number of hydrogen-bond donors (Lipinski definition) is 2. The highest BCUT2D eigenvalue weighted by Gasteiger charge is 2.26. The Kier molecular flexibility index (Phi) is 8.66. The third-order valence-corrected chi connectivity index (χ3v) is 4.71. The number of halogens is 2. The molecule has 2 rings (SSSR count). The second-order valence-corrected chi connectivity index (χ2v) is 6.21. The molecular weight excluding hydrogens is 317 g/mol. The number of amides is 1. The summed E-state index contributed by atoms with van der Waals surface area (Å²) >= 11 is 1.47. The van der Waals surface area contributed by atoms with Crippen molar-refractivity contribution < 1.29 is 4.79 Å². The largest absolute Gasteiger partial charge is 0.348 e. The van der Waals surface area contributed by atoms with Gasteiger partial charge in [-0.15, -0.1) is 36.2 Å². The van der Waals surface area contributed by atoms with Crippen LogP contribution in [0.2, 0.25) is 0 Å². The van der Waals surface area contributed by atoms with E-state index in [1.165, 1.54) is 24.2 Å². The van der Waals surface area contributed by atoms with E-state index in [1.54, 1.807) is 0 Å². The SMILES string of the molecule is Cc1nc(C)c(C(=O)NC2CCCCC2CN)s1.Cl.Cl. The average molecular weight is 340 g/mol. The van der Waals surface area contributed by atoms with Gasteiger partial charge in [-0.25, -0.2) is 4.98 Å². The topological polar surface area (TPSA) is 68.0 Å². The number of aryl methyl sites for hydroxylation is 2. The lowest BCUT2D eigenvalue weighted by molar-refractivity contribution is 0.0911. The zero-order chi connectivity index (χ0) is 13.1. The highest BCUT2D eigenvalue weighted by molar-refractivity contribution is 7.13. The van der Waals surface area contributed by atoms with Crippen LogP contribution in [-0.2, 0) is 0 Å². The molecule has 2 atom stereocenters.